The van der Waals surface area contributed by atoms with Crippen LogP contribution in [0, 0.1) is 10.1 Å². The lowest BCUT2D eigenvalue weighted by Gasteiger charge is -2.27. The molecular formula is C14H18N2O6. The van der Waals surface area contributed by atoms with Crippen LogP contribution in [-0.4, -0.2) is 38.2 Å². The smallest absolute Gasteiger partial charge is 0.237 e. The van der Waals surface area contributed by atoms with Crippen LogP contribution in [0.5, 0.6) is 17.2 Å². The molecule has 0 radical (unpaired) electrons. The van der Waals surface area contributed by atoms with Crippen molar-refractivity contribution in [3.8, 4) is 17.2 Å². The number of methoxy groups -OCH3 is 3. The molecule has 8 nitrogen and oxygen atoms in total. The first-order valence-corrected chi connectivity index (χ1v) is 6.74. The molecule has 1 amide bonds. The molecule has 0 bridgehead atoms. The van der Waals surface area contributed by atoms with Crippen LogP contribution in [0.3, 0.4) is 0 Å². The third kappa shape index (κ3) is 2.90. The molecule has 8 heteroatoms. The summed E-state index contributed by atoms with van der Waals surface area (Å²) < 4.78 is 15.7. The van der Waals surface area contributed by atoms with Crippen LogP contribution in [-0.2, 0) is 4.79 Å². The van der Waals surface area contributed by atoms with Crippen molar-refractivity contribution in [2.45, 2.75) is 24.9 Å². The van der Waals surface area contributed by atoms with E-state index >= 15 is 0 Å². The minimum Gasteiger partial charge on any atom is -0.493 e. The monoisotopic (exact) mass is 310 g/mol. The summed E-state index contributed by atoms with van der Waals surface area (Å²) in [5, 5.41) is 13.9. The third-order valence-corrected chi connectivity index (χ3v) is 3.69. The second-order valence-corrected chi connectivity index (χ2v) is 4.90. The number of nitro groups is 1. The van der Waals surface area contributed by atoms with Crippen LogP contribution in [0.1, 0.15) is 24.4 Å². The molecule has 1 aliphatic rings. The number of amides is 1. The number of hydrogen-bond acceptors (Lipinski definition) is 6. The van der Waals surface area contributed by atoms with Crippen molar-refractivity contribution in [3.05, 3.63) is 27.8 Å². The topological polar surface area (TPSA) is 99.9 Å². The molecule has 1 aromatic rings. The highest BCUT2D eigenvalue weighted by Gasteiger charge is 2.39. The van der Waals surface area contributed by atoms with E-state index in [-0.39, 0.29) is 23.7 Å². The lowest BCUT2D eigenvalue weighted by atomic mass is 9.92. The van der Waals surface area contributed by atoms with E-state index in [0.717, 1.165) is 0 Å². The maximum absolute atomic E-state index is 11.6. The number of carbonyl (C=O) groups is 1. The Labute approximate surface area is 127 Å². The molecule has 2 rings (SSSR count). The largest absolute Gasteiger partial charge is 0.493 e. The second kappa shape index (κ2) is 6.50. The van der Waals surface area contributed by atoms with Gasteiger partial charge in [0.25, 0.3) is 0 Å². The Kier molecular flexibility index (Phi) is 4.69. The molecule has 2 atom stereocenters. The number of nitrogens with zero attached hydrogens (tertiary/aromatic N) is 1. The number of benzene rings is 1. The van der Waals surface area contributed by atoms with E-state index in [2.05, 4.69) is 5.32 Å². The Hall–Kier alpha value is -2.51. The minimum absolute atomic E-state index is 0.145. The molecule has 0 unspecified atom stereocenters. The maximum Gasteiger partial charge on any atom is 0.237 e. The summed E-state index contributed by atoms with van der Waals surface area (Å²) in [5.41, 5.74) is 0.546. The summed E-state index contributed by atoms with van der Waals surface area (Å²) in [6, 6.07) is 1.62. The molecule has 0 spiro atoms. The van der Waals surface area contributed by atoms with Gasteiger partial charge in [-0.2, -0.15) is 0 Å². The highest BCUT2D eigenvalue weighted by atomic mass is 16.6. The molecule has 0 saturated carbocycles. The number of hydrogen-bond donors (Lipinski definition) is 1. The predicted octanol–water partition coefficient (Wildman–Crippen LogP) is 1.31. The summed E-state index contributed by atoms with van der Waals surface area (Å²) in [6.07, 6.45) is 0.340. The van der Waals surface area contributed by atoms with Crippen LogP contribution in [0.4, 0.5) is 0 Å². The van der Waals surface area contributed by atoms with Gasteiger partial charge in [-0.15, -0.1) is 0 Å². The van der Waals surface area contributed by atoms with Gasteiger partial charge in [0.05, 0.1) is 21.3 Å². The van der Waals surface area contributed by atoms with Crippen molar-refractivity contribution >= 4 is 5.91 Å². The van der Waals surface area contributed by atoms with Gasteiger partial charge in [0.2, 0.25) is 17.7 Å². The van der Waals surface area contributed by atoms with E-state index in [0.29, 0.717) is 22.8 Å². The first kappa shape index (κ1) is 15.9. The van der Waals surface area contributed by atoms with Gasteiger partial charge in [-0.1, -0.05) is 0 Å². The van der Waals surface area contributed by atoms with Crippen LogP contribution >= 0.6 is 0 Å². The first-order chi connectivity index (χ1) is 10.5. The van der Waals surface area contributed by atoms with Crippen LogP contribution in [0.25, 0.3) is 0 Å². The molecule has 22 heavy (non-hydrogen) atoms. The number of rotatable bonds is 5. The summed E-state index contributed by atoms with van der Waals surface area (Å²) in [6.45, 7) is 0. The lowest BCUT2D eigenvalue weighted by Crippen LogP contribution is -2.45. The van der Waals surface area contributed by atoms with E-state index in [4.69, 9.17) is 14.2 Å². The lowest BCUT2D eigenvalue weighted by molar-refractivity contribution is -0.529. The zero-order valence-corrected chi connectivity index (χ0v) is 12.6. The number of piperidine rings is 1. The Balaban J connectivity index is 2.49. The molecule has 1 saturated heterocycles. The summed E-state index contributed by atoms with van der Waals surface area (Å²) in [4.78, 5) is 22.5. The van der Waals surface area contributed by atoms with Gasteiger partial charge in [-0.05, 0) is 17.7 Å². The van der Waals surface area contributed by atoms with Crippen LogP contribution in [0.2, 0.25) is 0 Å². The Morgan fingerprint density at radius 1 is 1.18 bits per heavy atom. The van der Waals surface area contributed by atoms with E-state index in [9.17, 15) is 14.9 Å². The molecule has 1 fully saturated rings. The SMILES string of the molecule is COc1cc([C@@H]2NC(=O)CC[C@H]2[N+](=O)[O-])cc(OC)c1OC. The number of carbonyl (C=O) groups excluding carboxylic acids is 1. The van der Waals surface area contributed by atoms with Crippen molar-refractivity contribution in [1.82, 2.24) is 5.32 Å². The molecular weight excluding hydrogens is 292 g/mol. The van der Waals surface area contributed by atoms with Crippen molar-refractivity contribution in [2.75, 3.05) is 21.3 Å². The van der Waals surface area contributed by atoms with Gasteiger partial charge in [0, 0.05) is 17.8 Å². The van der Waals surface area contributed by atoms with Gasteiger partial charge < -0.3 is 19.5 Å². The highest BCUT2D eigenvalue weighted by Crippen LogP contribution is 2.41. The van der Waals surface area contributed by atoms with Gasteiger partial charge >= 0.3 is 0 Å². The van der Waals surface area contributed by atoms with Gasteiger partial charge in [-0.25, -0.2) is 0 Å². The van der Waals surface area contributed by atoms with E-state index in [1.807, 2.05) is 0 Å². The van der Waals surface area contributed by atoms with E-state index < -0.39 is 12.1 Å². The predicted molar refractivity (Wildman–Crippen MR) is 77.0 cm³/mol. The highest BCUT2D eigenvalue weighted by molar-refractivity contribution is 5.77. The van der Waals surface area contributed by atoms with Gasteiger partial charge in [0.1, 0.15) is 6.04 Å². The van der Waals surface area contributed by atoms with E-state index in [1.54, 1.807) is 12.1 Å². The zero-order chi connectivity index (χ0) is 16.3. The molecule has 1 aromatic carbocycles. The van der Waals surface area contributed by atoms with Crippen molar-refractivity contribution in [2.24, 2.45) is 0 Å². The quantitative estimate of drug-likeness (QED) is 0.650. The molecule has 0 aliphatic carbocycles. The maximum atomic E-state index is 11.6. The Morgan fingerprint density at radius 2 is 1.77 bits per heavy atom. The van der Waals surface area contributed by atoms with Gasteiger partial charge in [-0.3, -0.25) is 14.9 Å². The summed E-state index contributed by atoms with van der Waals surface area (Å²) in [5.74, 6) is 0.961. The number of ether oxygens (including phenoxy) is 3. The summed E-state index contributed by atoms with van der Waals surface area (Å²) >= 11 is 0. The standard InChI is InChI=1S/C14H18N2O6/c1-20-10-6-8(7-11(21-2)14(10)22-3)13-9(16(18)19)4-5-12(17)15-13/h6-7,9,13H,4-5H2,1-3H3,(H,15,17)/t9-,13+/m1/s1. The first-order valence-electron chi connectivity index (χ1n) is 6.74. The third-order valence-electron chi connectivity index (χ3n) is 3.69. The molecule has 1 heterocycles. The van der Waals surface area contributed by atoms with Crippen molar-refractivity contribution in [3.63, 3.8) is 0 Å². The average molecular weight is 310 g/mol. The zero-order valence-electron chi connectivity index (χ0n) is 12.6. The van der Waals surface area contributed by atoms with Gasteiger partial charge in [0.15, 0.2) is 11.5 Å². The van der Waals surface area contributed by atoms with E-state index in [1.165, 1.54) is 21.3 Å². The fraction of sp³-hybridized carbons (Fsp3) is 0.500. The molecule has 120 valence electrons. The average Bonchev–Trinajstić information content (AvgIpc) is 2.52. The fourth-order valence-electron chi connectivity index (χ4n) is 2.60. The van der Waals surface area contributed by atoms with Crippen molar-refractivity contribution in [1.29, 1.82) is 0 Å². The fourth-order valence-corrected chi connectivity index (χ4v) is 2.60. The molecule has 1 aliphatic heterocycles. The normalized spacial score (nSPS) is 21.0. The molecule has 1 N–H and O–H groups in total. The van der Waals surface area contributed by atoms with Crippen LogP contribution < -0.4 is 19.5 Å². The van der Waals surface area contributed by atoms with Crippen LogP contribution in [0.15, 0.2) is 12.1 Å². The number of nitrogens with one attached hydrogen (secondary N) is 1. The second-order valence-electron chi connectivity index (χ2n) is 4.90. The Bertz CT molecular complexity index is 564. The van der Waals surface area contributed by atoms with Crippen molar-refractivity contribution < 1.29 is 23.9 Å². The minimum atomic E-state index is -0.888. The molecule has 0 aromatic heterocycles. The Morgan fingerprint density at radius 3 is 2.23 bits per heavy atom. The summed E-state index contributed by atoms with van der Waals surface area (Å²) in [7, 11) is 4.40.